The van der Waals surface area contributed by atoms with Gasteiger partial charge in [0.15, 0.2) is 5.78 Å². The molecule has 4 nitrogen and oxygen atoms in total. The van der Waals surface area contributed by atoms with Crippen molar-refractivity contribution >= 4 is 28.4 Å². The van der Waals surface area contributed by atoms with Crippen LogP contribution in [0, 0.1) is 5.92 Å². The number of Topliss-reactive ketones (excluding diaryl/α,β-unsaturated/α-hetero) is 1. The highest BCUT2D eigenvalue weighted by molar-refractivity contribution is 7.99. The molecule has 4 rings (SSSR count). The Labute approximate surface area is 147 Å². The molecule has 1 aromatic carbocycles. The first kappa shape index (κ1) is 16.2. The first-order chi connectivity index (χ1) is 11.7. The third-order valence-corrected chi connectivity index (χ3v) is 6.89. The molecule has 1 aliphatic carbocycles. The zero-order valence-corrected chi connectivity index (χ0v) is 14.9. The number of benzene rings is 1. The third-order valence-electron chi connectivity index (χ3n) is 5.66. The van der Waals surface area contributed by atoms with Crippen molar-refractivity contribution in [2.75, 3.05) is 31.6 Å². The number of nitrogens with one attached hydrogen (secondary N) is 1. The van der Waals surface area contributed by atoms with Crippen LogP contribution < -0.4 is 5.73 Å². The van der Waals surface area contributed by atoms with Crippen LogP contribution in [0.15, 0.2) is 24.4 Å². The predicted octanol–water partition coefficient (Wildman–Crippen LogP) is 2.39. The van der Waals surface area contributed by atoms with E-state index in [1.807, 2.05) is 0 Å². The van der Waals surface area contributed by atoms with Gasteiger partial charge in [0.1, 0.15) is 0 Å². The van der Waals surface area contributed by atoms with E-state index in [0.29, 0.717) is 23.6 Å². The Morgan fingerprint density at radius 2 is 2.33 bits per heavy atom. The fourth-order valence-corrected chi connectivity index (χ4v) is 5.61. The molecule has 24 heavy (non-hydrogen) atoms. The van der Waals surface area contributed by atoms with Crippen LogP contribution in [-0.4, -0.2) is 53.4 Å². The summed E-state index contributed by atoms with van der Waals surface area (Å²) < 4.78 is 0. The maximum atomic E-state index is 11.4. The molecule has 1 fully saturated rings. The lowest BCUT2D eigenvalue weighted by Gasteiger charge is -2.45. The Morgan fingerprint density at radius 3 is 3.17 bits per heavy atom. The van der Waals surface area contributed by atoms with Gasteiger partial charge in [0.2, 0.25) is 0 Å². The van der Waals surface area contributed by atoms with Crippen molar-refractivity contribution in [3.05, 3.63) is 35.5 Å². The van der Waals surface area contributed by atoms with E-state index >= 15 is 0 Å². The summed E-state index contributed by atoms with van der Waals surface area (Å²) in [5.41, 5.74) is 9.66. The largest absolute Gasteiger partial charge is 0.361 e. The smallest absolute Gasteiger partial charge is 0.156 e. The van der Waals surface area contributed by atoms with Crippen LogP contribution in [-0.2, 0) is 11.2 Å². The number of carbonyl (C=O) groups excluding carboxylic acids is 1. The molecular weight excluding hydrogens is 318 g/mol. The van der Waals surface area contributed by atoms with Crippen molar-refractivity contribution in [3.63, 3.8) is 0 Å². The first-order valence-electron chi connectivity index (χ1n) is 8.76. The number of hydrogen-bond acceptors (Lipinski definition) is 4. The van der Waals surface area contributed by atoms with Crippen LogP contribution >= 0.6 is 11.8 Å². The summed E-state index contributed by atoms with van der Waals surface area (Å²) in [7, 11) is 2.26. The van der Waals surface area contributed by atoms with E-state index in [2.05, 4.69) is 41.3 Å². The van der Waals surface area contributed by atoms with Crippen LogP contribution in [0.3, 0.4) is 0 Å². The summed E-state index contributed by atoms with van der Waals surface area (Å²) in [6.45, 7) is 1.29. The Kier molecular flexibility index (Phi) is 4.41. The number of likely N-dealkylation sites (tertiary alicyclic amines) is 1. The van der Waals surface area contributed by atoms with Gasteiger partial charge < -0.3 is 15.6 Å². The summed E-state index contributed by atoms with van der Waals surface area (Å²) in [6.07, 6.45) is 4.56. The number of aromatic nitrogens is 1. The quantitative estimate of drug-likeness (QED) is 0.875. The first-order valence-corrected chi connectivity index (χ1v) is 9.91. The topological polar surface area (TPSA) is 62.1 Å². The number of rotatable bonds is 5. The van der Waals surface area contributed by atoms with Crippen LogP contribution in [0.1, 0.15) is 23.5 Å². The molecule has 2 aliphatic rings. The predicted molar refractivity (Wildman–Crippen MR) is 101 cm³/mol. The molecular formula is C19H25N3OS. The van der Waals surface area contributed by atoms with Gasteiger partial charge in [-0.05, 0) is 48.8 Å². The summed E-state index contributed by atoms with van der Waals surface area (Å²) in [4.78, 5) is 17.4. The molecule has 0 unspecified atom stereocenters. The van der Waals surface area contributed by atoms with Gasteiger partial charge in [-0.25, -0.2) is 0 Å². The summed E-state index contributed by atoms with van der Waals surface area (Å²) in [5, 5.41) is 1.46. The molecule has 3 N–H and O–H groups in total. The van der Waals surface area contributed by atoms with Gasteiger partial charge in [-0.15, -0.1) is 0 Å². The number of nitrogens with zero attached hydrogens (tertiary/aromatic N) is 1. The number of ketones is 1. The molecule has 3 atom stereocenters. The minimum atomic E-state index is 0.154. The van der Waals surface area contributed by atoms with Gasteiger partial charge in [-0.2, -0.15) is 11.8 Å². The van der Waals surface area contributed by atoms with E-state index in [9.17, 15) is 4.79 Å². The van der Waals surface area contributed by atoms with Crippen LogP contribution in [0.25, 0.3) is 10.9 Å². The molecule has 5 heteroatoms. The summed E-state index contributed by atoms with van der Waals surface area (Å²) >= 11 is 1.75. The average molecular weight is 343 g/mol. The zero-order valence-electron chi connectivity index (χ0n) is 14.1. The SMILES string of the molecule is CN1C[C@H](CSCC(=O)CN)C[C@@H]2c3cccc4[nH]cc(c34)C[C@H]21. The lowest BCUT2D eigenvalue weighted by atomic mass is 9.73. The maximum Gasteiger partial charge on any atom is 0.156 e. The molecule has 2 heterocycles. The van der Waals surface area contributed by atoms with Gasteiger partial charge in [0.25, 0.3) is 0 Å². The lowest BCUT2D eigenvalue weighted by Crippen LogP contribution is -2.48. The van der Waals surface area contributed by atoms with E-state index in [1.165, 1.54) is 28.5 Å². The van der Waals surface area contributed by atoms with Crippen LogP contribution in [0.2, 0.25) is 0 Å². The molecule has 0 bridgehead atoms. The van der Waals surface area contributed by atoms with E-state index in [0.717, 1.165) is 18.7 Å². The number of aromatic amines is 1. The fraction of sp³-hybridized carbons (Fsp3) is 0.526. The van der Waals surface area contributed by atoms with Crippen molar-refractivity contribution in [2.24, 2.45) is 11.7 Å². The molecule has 0 amide bonds. The van der Waals surface area contributed by atoms with Crippen molar-refractivity contribution in [2.45, 2.75) is 24.8 Å². The number of carbonyl (C=O) groups is 1. The Balaban J connectivity index is 1.54. The Bertz CT molecular complexity index is 756. The number of hydrogen-bond donors (Lipinski definition) is 2. The molecule has 128 valence electrons. The summed E-state index contributed by atoms with van der Waals surface area (Å²) in [5.74, 6) is 3.01. The average Bonchev–Trinajstić information content (AvgIpc) is 3.00. The van der Waals surface area contributed by atoms with Gasteiger partial charge in [-0.1, -0.05) is 12.1 Å². The van der Waals surface area contributed by atoms with E-state index < -0.39 is 0 Å². The van der Waals surface area contributed by atoms with E-state index in [1.54, 1.807) is 11.8 Å². The lowest BCUT2D eigenvalue weighted by molar-refractivity contribution is -0.115. The van der Waals surface area contributed by atoms with Gasteiger partial charge in [-0.3, -0.25) is 4.79 Å². The Hall–Kier alpha value is -1.30. The number of thioether (sulfide) groups is 1. The minimum absolute atomic E-state index is 0.154. The highest BCUT2D eigenvalue weighted by Crippen LogP contribution is 2.44. The van der Waals surface area contributed by atoms with E-state index in [4.69, 9.17) is 5.73 Å². The molecule has 0 radical (unpaired) electrons. The van der Waals surface area contributed by atoms with Gasteiger partial charge in [0.05, 0.1) is 12.3 Å². The number of nitrogens with two attached hydrogens (primary N) is 1. The third kappa shape index (κ3) is 2.79. The van der Waals surface area contributed by atoms with E-state index in [-0.39, 0.29) is 12.3 Å². The number of H-pyrrole nitrogens is 1. The molecule has 0 spiro atoms. The monoisotopic (exact) mass is 343 g/mol. The maximum absolute atomic E-state index is 11.4. The highest BCUT2D eigenvalue weighted by atomic mass is 32.2. The summed E-state index contributed by atoms with van der Waals surface area (Å²) in [6, 6.07) is 7.28. The van der Waals surface area contributed by atoms with Gasteiger partial charge >= 0.3 is 0 Å². The standard InChI is InChI=1S/C19H25N3OS/c1-22-9-12(10-24-11-14(23)7-20)5-16-15-3-2-4-17-19(15)13(8-21-17)6-18(16)22/h2-4,8,12,16,18,21H,5-7,9-11,20H2,1H3/t12-,16-,18-/m1/s1. The normalized spacial score (nSPS) is 26.5. The van der Waals surface area contributed by atoms with Crippen molar-refractivity contribution in [1.82, 2.24) is 9.88 Å². The molecule has 1 saturated heterocycles. The molecule has 2 aromatic rings. The minimum Gasteiger partial charge on any atom is -0.361 e. The van der Waals surface area contributed by atoms with Gasteiger partial charge in [0, 0.05) is 35.6 Å². The second kappa shape index (κ2) is 6.54. The Morgan fingerprint density at radius 1 is 1.46 bits per heavy atom. The highest BCUT2D eigenvalue weighted by Gasteiger charge is 2.39. The molecule has 0 saturated carbocycles. The second-order valence-corrected chi connectivity index (χ2v) is 8.29. The van der Waals surface area contributed by atoms with Crippen LogP contribution in [0.5, 0.6) is 0 Å². The van der Waals surface area contributed by atoms with Crippen molar-refractivity contribution < 1.29 is 4.79 Å². The van der Waals surface area contributed by atoms with Crippen LogP contribution in [0.4, 0.5) is 0 Å². The number of likely N-dealkylation sites (N-methyl/N-ethyl adjacent to an activating group) is 1. The van der Waals surface area contributed by atoms with Crippen molar-refractivity contribution in [3.8, 4) is 0 Å². The number of fused-ring (bicyclic) bond motifs is 2. The molecule has 1 aliphatic heterocycles. The number of piperidine rings is 1. The second-order valence-electron chi connectivity index (χ2n) is 7.26. The fourth-order valence-electron chi connectivity index (χ4n) is 4.57. The van der Waals surface area contributed by atoms with Crippen molar-refractivity contribution in [1.29, 1.82) is 0 Å². The zero-order chi connectivity index (χ0) is 16.7. The molecule has 1 aromatic heterocycles.